The van der Waals surface area contributed by atoms with E-state index >= 15 is 0 Å². The van der Waals surface area contributed by atoms with E-state index in [4.69, 9.17) is 4.74 Å². The molecule has 0 amide bonds. The second-order valence-electron chi connectivity index (χ2n) is 6.85. The third kappa shape index (κ3) is 4.13. The minimum absolute atomic E-state index is 0.344. The largest absolute Gasteiger partial charge is 0.496 e. The van der Waals surface area contributed by atoms with Gasteiger partial charge in [-0.05, 0) is 31.7 Å². The summed E-state index contributed by atoms with van der Waals surface area (Å²) >= 11 is 0. The molecule has 0 spiro atoms. The van der Waals surface area contributed by atoms with Gasteiger partial charge in [-0.2, -0.15) is 0 Å². The van der Waals surface area contributed by atoms with Crippen molar-refractivity contribution < 1.29 is 9.84 Å². The number of aliphatic hydroxyl groups is 1. The molecular formula is C15H30O2Si. The van der Waals surface area contributed by atoms with Crippen LogP contribution in [-0.4, -0.2) is 25.4 Å². The molecule has 1 rings (SSSR count). The molecule has 3 heteroatoms. The van der Waals surface area contributed by atoms with Crippen molar-refractivity contribution in [3.8, 4) is 0 Å². The molecule has 0 bridgehead atoms. The Hall–Kier alpha value is -0.283. The first-order chi connectivity index (χ1) is 8.29. The maximum absolute atomic E-state index is 11.2. The molecule has 1 saturated carbocycles. The molecule has 0 aromatic rings. The Bertz CT molecular complexity index is 277. The average molecular weight is 270 g/mol. The van der Waals surface area contributed by atoms with Crippen LogP contribution >= 0.6 is 0 Å². The van der Waals surface area contributed by atoms with Gasteiger partial charge >= 0.3 is 0 Å². The molecule has 0 saturated heterocycles. The van der Waals surface area contributed by atoms with E-state index in [-0.39, 0.29) is 0 Å². The van der Waals surface area contributed by atoms with Gasteiger partial charge in [-0.3, -0.25) is 0 Å². The van der Waals surface area contributed by atoms with Crippen LogP contribution in [0.15, 0.2) is 12.3 Å². The number of rotatable bonds is 6. The quantitative estimate of drug-likeness (QED) is 0.579. The molecule has 1 aliphatic carbocycles. The Labute approximate surface area is 113 Å². The lowest BCUT2D eigenvalue weighted by molar-refractivity contribution is -0.0315. The van der Waals surface area contributed by atoms with Crippen molar-refractivity contribution in [2.45, 2.75) is 70.3 Å². The summed E-state index contributed by atoms with van der Waals surface area (Å²) in [6.07, 6.45) is 6.01. The van der Waals surface area contributed by atoms with E-state index < -0.39 is 13.7 Å². The fourth-order valence-electron chi connectivity index (χ4n) is 3.16. The zero-order valence-electron chi connectivity index (χ0n) is 12.6. The highest BCUT2D eigenvalue weighted by Crippen LogP contribution is 2.41. The van der Waals surface area contributed by atoms with E-state index in [0.29, 0.717) is 18.3 Å². The Balaban J connectivity index is 2.88. The van der Waals surface area contributed by atoms with Gasteiger partial charge in [-0.25, -0.2) is 0 Å². The lowest BCUT2D eigenvalue weighted by Crippen LogP contribution is -2.46. The maximum Gasteiger partial charge on any atom is 0.121 e. The molecule has 0 heterocycles. The Morgan fingerprint density at radius 2 is 1.83 bits per heavy atom. The van der Waals surface area contributed by atoms with Crippen molar-refractivity contribution in [2.24, 2.45) is 5.92 Å². The van der Waals surface area contributed by atoms with Crippen molar-refractivity contribution in [1.29, 1.82) is 0 Å². The van der Waals surface area contributed by atoms with Crippen LogP contribution in [0.25, 0.3) is 0 Å². The molecule has 1 fully saturated rings. The van der Waals surface area contributed by atoms with Crippen molar-refractivity contribution in [3.63, 3.8) is 0 Å². The summed E-state index contributed by atoms with van der Waals surface area (Å²) in [6, 6.07) is 0.865. The highest BCUT2D eigenvalue weighted by Gasteiger charge is 2.44. The standard InChI is InChI=1S/C15H30O2Si/c1-6-17-13(2)15(16,12-18(3,4)5)14-10-8-7-9-11-14/h14,16H,2,6-12H2,1,3-5H3. The molecule has 1 unspecified atom stereocenters. The SMILES string of the molecule is C=C(OCC)C(O)(C[Si](C)(C)C)C1CCCCC1. The van der Waals surface area contributed by atoms with Gasteiger partial charge in [0, 0.05) is 8.07 Å². The summed E-state index contributed by atoms with van der Waals surface area (Å²) in [4.78, 5) is 0. The van der Waals surface area contributed by atoms with Crippen molar-refractivity contribution >= 4 is 8.07 Å². The van der Waals surface area contributed by atoms with Crippen LogP contribution in [0.2, 0.25) is 25.7 Å². The third-order valence-corrected chi connectivity index (χ3v) is 5.48. The molecule has 0 radical (unpaired) electrons. The van der Waals surface area contributed by atoms with Crippen molar-refractivity contribution in [2.75, 3.05) is 6.61 Å². The Morgan fingerprint density at radius 1 is 1.28 bits per heavy atom. The lowest BCUT2D eigenvalue weighted by atomic mass is 9.77. The summed E-state index contributed by atoms with van der Waals surface area (Å²) < 4.78 is 5.58. The Morgan fingerprint density at radius 3 is 2.28 bits per heavy atom. The highest BCUT2D eigenvalue weighted by molar-refractivity contribution is 6.76. The smallest absolute Gasteiger partial charge is 0.121 e. The van der Waals surface area contributed by atoms with E-state index in [1.54, 1.807) is 0 Å². The van der Waals surface area contributed by atoms with Gasteiger partial charge in [-0.15, -0.1) is 0 Å². The van der Waals surface area contributed by atoms with Gasteiger partial charge in [0.05, 0.1) is 6.61 Å². The zero-order valence-corrected chi connectivity index (χ0v) is 13.6. The number of hydrogen-bond donors (Lipinski definition) is 1. The maximum atomic E-state index is 11.2. The molecule has 1 N–H and O–H groups in total. The van der Waals surface area contributed by atoms with Crippen LogP contribution in [0.4, 0.5) is 0 Å². The van der Waals surface area contributed by atoms with Crippen LogP contribution in [0.1, 0.15) is 39.0 Å². The average Bonchev–Trinajstić information content (AvgIpc) is 2.28. The van der Waals surface area contributed by atoms with Gasteiger partial charge in [0.2, 0.25) is 0 Å². The molecule has 0 aromatic carbocycles. The summed E-state index contributed by atoms with van der Waals surface area (Å²) in [5, 5.41) is 11.2. The number of ether oxygens (including phenoxy) is 1. The first kappa shape index (κ1) is 15.8. The van der Waals surface area contributed by atoms with E-state index in [2.05, 4.69) is 26.2 Å². The van der Waals surface area contributed by atoms with Crippen LogP contribution < -0.4 is 0 Å². The molecule has 106 valence electrons. The lowest BCUT2D eigenvalue weighted by Gasteiger charge is -2.42. The minimum atomic E-state index is -1.36. The monoisotopic (exact) mass is 270 g/mol. The molecule has 0 aromatic heterocycles. The molecular weight excluding hydrogens is 240 g/mol. The van der Waals surface area contributed by atoms with E-state index in [1.165, 1.54) is 19.3 Å². The molecule has 18 heavy (non-hydrogen) atoms. The van der Waals surface area contributed by atoms with E-state index in [0.717, 1.165) is 18.9 Å². The Kier molecular flexibility index (Phi) is 5.47. The topological polar surface area (TPSA) is 29.5 Å². The first-order valence-corrected chi connectivity index (χ1v) is 11.0. The first-order valence-electron chi connectivity index (χ1n) is 7.34. The summed E-state index contributed by atoms with van der Waals surface area (Å²) in [5.74, 6) is 0.955. The second kappa shape index (κ2) is 6.24. The van der Waals surface area contributed by atoms with Crippen LogP contribution in [-0.2, 0) is 4.74 Å². The molecule has 2 nitrogen and oxygen atoms in total. The predicted octanol–water partition coefficient (Wildman–Crippen LogP) is 4.19. The van der Waals surface area contributed by atoms with Crippen LogP contribution in [0, 0.1) is 5.92 Å². The van der Waals surface area contributed by atoms with Crippen molar-refractivity contribution in [3.05, 3.63) is 12.3 Å². The second-order valence-corrected chi connectivity index (χ2v) is 12.3. The van der Waals surface area contributed by atoms with Crippen LogP contribution in [0.5, 0.6) is 0 Å². The van der Waals surface area contributed by atoms with Gasteiger partial charge in [-0.1, -0.05) is 45.5 Å². The van der Waals surface area contributed by atoms with Gasteiger partial charge in [0.1, 0.15) is 11.4 Å². The summed E-state index contributed by atoms with van der Waals surface area (Å²) in [6.45, 7) is 13.5. The molecule has 0 aliphatic heterocycles. The third-order valence-electron chi connectivity index (χ3n) is 3.88. The van der Waals surface area contributed by atoms with Crippen molar-refractivity contribution in [1.82, 2.24) is 0 Å². The molecule has 1 atom stereocenters. The fraction of sp³-hybridized carbons (Fsp3) is 0.867. The van der Waals surface area contributed by atoms with Gasteiger partial charge in [0.25, 0.3) is 0 Å². The number of hydrogen-bond acceptors (Lipinski definition) is 2. The minimum Gasteiger partial charge on any atom is -0.496 e. The van der Waals surface area contributed by atoms with Crippen LogP contribution in [0.3, 0.4) is 0 Å². The summed E-state index contributed by atoms with van der Waals surface area (Å²) in [7, 11) is -1.36. The summed E-state index contributed by atoms with van der Waals surface area (Å²) in [5.41, 5.74) is -0.791. The fourth-order valence-corrected chi connectivity index (χ4v) is 5.26. The normalized spacial score (nSPS) is 21.4. The van der Waals surface area contributed by atoms with Gasteiger partial charge in [0.15, 0.2) is 0 Å². The predicted molar refractivity (Wildman–Crippen MR) is 80.4 cm³/mol. The zero-order chi connectivity index (χ0) is 13.8. The highest BCUT2D eigenvalue weighted by atomic mass is 28.3. The molecule has 1 aliphatic rings. The van der Waals surface area contributed by atoms with E-state index in [1.807, 2.05) is 6.92 Å². The van der Waals surface area contributed by atoms with E-state index in [9.17, 15) is 5.11 Å². The van der Waals surface area contributed by atoms with Gasteiger partial charge < -0.3 is 9.84 Å².